The number of methoxy groups -OCH3 is 2. The third-order valence-electron chi connectivity index (χ3n) is 5.58. The van der Waals surface area contributed by atoms with Crippen molar-refractivity contribution >= 4 is 16.8 Å². The average Bonchev–Trinajstić information content (AvgIpc) is 3.11. The summed E-state index contributed by atoms with van der Waals surface area (Å²) in [6.07, 6.45) is 1.20. The van der Waals surface area contributed by atoms with E-state index in [1.807, 2.05) is 42.1 Å². The van der Waals surface area contributed by atoms with Gasteiger partial charge in [0.15, 0.2) is 11.5 Å². The highest BCUT2D eigenvalue weighted by atomic mass is 16.5. The zero-order chi connectivity index (χ0) is 21.3. The van der Waals surface area contributed by atoms with Gasteiger partial charge in [0, 0.05) is 43.2 Å². The molecule has 1 saturated heterocycles. The van der Waals surface area contributed by atoms with Gasteiger partial charge in [-0.3, -0.25) is 4.79 Å². The van der Waals surface area contributed by atoms with Gasteiger partial charge in [0.05, 0.1) is 26.3 Å². The van der Waals surface area contributed by atoms with Gasteiger partial charge in [-0.2, -0.15) is 0 Å². The number of nitrogens with zero attached hydrogens (tertiary/aromatic N) is 2. The number of carbonyl (C=O) groups excluding carboxylic acids is 1. The fourth-order valence-electron chi connectivity index (χ4n) is 3.98. The molecule has 3 aromatic rings. The fourth-order valence-corrected chi connectivity index (χ4v) is 3.98. The van der Waals surface area contributed by atoms with Crippen molar-refractivity contribution in [1.29, 1.82) is 0 Å². The van der Waals surface area contributed by atoms with Gasteiger partial charge in [-0.15, -0.1) is 0 Å². The highest BCUT2D eigenvalue weighted by Gasteiger charge is 2.33. The lowest BCUT2D eigenvalue weighted by molar-refractivity contribution is -0.0199. The Bertz CT molecular complexity index is 1060. The normalized spacial score (nSPS) is 19.0. The Morgan fingerprint density at radius 3 is 2.60 bits per heavy atom. The van der Waals surface area contributed by atoms with Crippen LogP contribution in [0.1, 0.15) is 16.8 Å². The SMILES string of the molecule is COc1ccc(O[C@@H]2CCN(C(=O)c3cn(C)c4ccccc34)C[C@H]2O)cc1OC. The van der Waals surface area contributed by atoms with Crippen molar-refractivity contribution in [2.45, 2.75) is 18.6 Å². The quantitative estimate of drug-likeness (QED) is 0.700. The summed E-state index contributed by atoms with van der Waals surface area (Å²) in [6.45, 7) is 0.733. The Kier molecular flexibility index (Phi) is 5.55. The third-order valence-corrected chi connectivity index (χ3v) is 5.58. The minimum atomic E-state index is -0.786. The highest BCUT2D eigenvalue weighted by molar-refractivity contribution is 6.07. The molecule has 0 bridgehead atoms. The van der Waals surface area contributed by atoms with Gasteiger partial charge < -0.3 is 28.8 Å². The number of hydrogen-bond acceptors (Lipinski definition) is 5. The van der Waals surface area contributed by atoms with Crippen molar-refractivity contribution in [1.82, 2.24) is 9.47 Å². The third kappa shape index (κ3) is 3.68. The topological polar surface area (TPSA) is 73.2 Å². The van der Waals surface area contributed by atoms with Crippen molar-refractivity contribution < 1.29 is 24.1 Å². The summed E-state index contributed by atoms with van der Waals surface area (Å²) < 4.78 is 18.5. The number of ether oxygens (including phenoxy) is 3. The number of carbonyl (C=O) groups is 1. The zero-order valence-corrected chi connectivity index (χ0v) is 17.4. The first-order chi connectivity index (χ1) is 14.5. The zero-order valence-electron chi connectivity index (χ0n) is 17.4. The van der Waals surface area contributed by atoms with Crippen molar-refractivity contribution in [3.8, 4) is 17.2 Å². The summed E-state index contributed by atoms with van der Waals surface area (Å²) >= 11 is 0. The van der Waals surface area contributed by atoms with Crippen LogP contribution in [-0.4, -0.2) is 60.0 Å². The van der Waals surface area contributed by atoms with Gasteiger partial charge in [0.1, 0.15) is 18.0 Å². The predicted octanol–water partition coefficient (Wildman–Crippen LogP) is 2.85. The van der Waals surface area contributed by atoms with E-state index in [-0.39, 0.29) is 12.5 Å². The second kappa shape index (κ2) is 8.28. The van der Waals surface area contributed by atoms with Crippen LogP contribution in [0.2, 0.25) is 0 Å². The number of para-hydroxylation sites is 1. The summed E-state index contributed by atoms with van der Waals surface area (Å²) in [4.78, 5) is 14.8. The number of aryl methyl sites for hydroxylation is 1. The van der Waals surface area contributed by atoms with Crippen LogP contribution in [0.4, 0.5) is 0 Å². The van der Waals surface area contributed by atoms with Gasteiger partial charge in [0.2, 0.25) is 0 Å². The number of benzene rings is 2. The van der Waals surface area contributed by atoms with E-state index in [0.29, 0.717) is 35.8 Å². The van der Waals surface area contributed by atoms with Crippen LogP contribution in [0.5, 0.6) is 17.2 Å². The van der Waals surface area contributed by atoms with Gasteiger partial charge >= 0.3 is 0 Å². The first kappa shape index (κ1) is 20.1. The van der Waals surface area contributed by atoms with E-state index in [2.05, 4.69) is 0 Å². The summed E-state index contributed by atoms with van der Waals surface area (Å²) in [5.74, 6) is 1.69. The molecule has 7 heteroatoms. The van der Waals surface area contributed by atoms with E-state index in [9.17, 15) is 9.90 Å². The Morgan fingerprint density at radius 2 is 1.87 bits per heavy atom. The summed E-state index contributed by atoms with van der Waals surface area (Å²) in [7, 11) is 5.07. The molecule has 2 atom stereocenters. The molecule has 0 aliphatic carbocycles. The lowest BCUT2D eigenvalue weighted by Gasteiger charge is -2.36. The summed E-state index contributed by atoms with van der Waals surface area (Å²) in [6, 6.07) is 13.1. The summed E-state index contributed by atoms with van der Waals surface area (Å²) in [5, 5.41) is 11.6. The smallest absolute Gasteiger partial charge is 0.256 e. The van der Waals surface area contributed by atoms with Crippen LogP contribution in [0.25, 0.3) is 10.9 Å². The van der Waals surface area contributed by atoms with E-state index >= 15 is 0 Å². The molecule has 1 aromatic heterocycles. The number of amides is 1. The number of rotatable bonds is 5. The lowest BCUT2D eigenvalue weighted by atomic mass is 10.0. The molecule has 0 unspecified atom stereocenters. The van der Waals surface area contributed by atoms with Crippen LogP contribution >= 0.6 is 0 Å². The molecule has 1 fully saturated rings. The molecule has 4 rings (SSSR count). The molecule has 2 aromatic carbocycles. The Balaban J connectivity index is 1.46. The largest absolute Gasteiger partial charge is 0.493 e. The number of β-amino-alcohol motifs (C(OH)–C–C–N with tert-alkyl or cyclic N) is 1. The molecule has 2 heterocycles. The number of likely N-dealkylation sites (tertiary alicyclic amines) is 1. The maximum atomic E-state index is 13.1. The molecule has 158 valence electrons. The Labute approximate surface area is 175 Å². The van der Waals surface area contributed by atoms with Crippen LogP contribution < -0.4 is 14.2 Å². The summed E-state index contributed by atoms with van der Waals surface area (Å²) in [5.41, 5.74) is 1.66. The first-order valence-electron chi connectivity index (χ1n) is 9.92. The lowest BCUT2D eigenvalue weighted by Crippen LogP contribution is -2.51. The molecule has 30 heavy (non-hydrogen) atoms. The van der Waals surface area contributed by atoms with Crippen LogP contribution in [0.3, 0.4) is 0 Å². The second-order valence-corrected chi connectivity index (χ2v) is 7.45. The first-order valence-corrected chi connectivity index (χ1v) is 9.92. The van der Waals surface area contributed by atoms with E-state index in [1.54, 1.807) is 37.3 Å². The van der Waals surface area contributed by atoms with Gasteiger partial charge in [-0.25, -0.2) is 0 Å². The average molecular weight is 410 g/mol. The maximum absolute atomic E-state index is 13.1. The molecule has 1 amide bonds. The van der Waals surface area contributed by atoms with E-state index in [0.717, 1.165) is 10.9 Å². The molecular weight excluding hydrogens is 384 g/mol. The number of fused-ring (bicyclic) bond motifs is 1. The Morgan fingerprint density at radius 1 is 1.10 bits per heavy atom. The molecule has 0 saturated carbocycles. The van der Waals surface area contributed by atoms with Crippen molar-refractivity contribution in [2.75, 3.05) is 27.3 Å². The molecular formula is C23H26N2O5. The standard InChI is InChI=1S/C23H26N2O5/c1-24-13-17(16-6-4-5-7-18(16)24)23(27)25-11-10-20(19(26)14-25)30-15-8-9-21(28-2)22(12-15)29-3/h4-9,12-13,19-20,26H,10-11,14H2,1-3H3/t19-,20-/m1/s1. The molecule has 0 radical (unpaired) electrons. The Hall–Kier alpha value is -3.19. The molecule has 1 N–H and O–H groups in total. The number of aliphatic hydroxyl groups excluding tert-OH is 1. The van der Waals surface area contributed by atoms with Crippen molar-refractivity contribution in [3.05, 3.63) is 54.2 Å². The van der Waals surface area contributed by atoms with E-state index in [4.69, 9.17) is 14.2 Å². The minimum absolute atomic E-state index is 0.0737. The highest BCUT2D eigenvalue weighted by Crippen LogP contribution is 2.32. The number of aliphatic hydroxyl groups is 1. The van der Waals surface area contributed by atoms with E-state index < -0.39 is 12.2 Å². The van der Waals surface area contributed by atoms with Crippen molar-refractivity contribution in [2.24, 2.45) is 7.05 Å². The predicted molar refractivity (Wildman–Crippen MR) is 113 cm³/mol. The molecule has 7 nitrogen and oxygen atoms in total. The second-order valence-electron chi connectivity index (χ2n) is 7.45. The van der Waals surface area contributed by atoms with Crippen molar-refractivity contribution in [3.63, 3.8) is 0 Å². The minimum Gasteiger partial charge on any atom is -0.493 e. The molecule has 1 aliphatic heterocycles. The van der Waals surface area contributed by atoms with Crippen LogP contribution in [0, 0.1) is 0 Å². The maximum Gasteiger partial charge on any atom is 0.256 e. The number of piperidine rings is 1. The fraction of sp³-hybridized carbons (Fsp3) is 0.348. The number of hydrogen-bond donors (Lipinski definition) is 1. The molecule has 1 aliphatic rings. The van der Waals surface area contributed by atoms with Gasteiger partial charge in [0.25, 0.3) is 5.91 Å². The number of aromatic nitrogens is 1. The van der Waals surface area contributed by atoms with Gasteiger partial charge in [-0.05, 0) is 18.2 Å². The molecule has 0 spiro atoms. The monoisotopic (exact) mass is 410 g/mol. The van der Waals surface area contributed by atoms with E-state index in [1.165, 1.54) is 0 Å². The van der Waals surface area contributed by atoms with Gasteiger partial charge in [-0.1, -0.05) is 18.2 Å². The van der Waals surface area contributed by atoms with Crippen LogP contribution in [-0.2, 0) is 7.05 Å². The van der Waals surface area contributed by atoms with Crippen LogP contribution in [0.15, 0.2) is 48.7 Å².